The maximum atomic E-state index is 11.5. The van der Waals surface area contributed by atoms with Crippen molar-refractivity contribution in [2.75, 3.05) is 6.26 Å². The minimum Gasteiger partial charge on any atom is -0.445 e. The zero-order chi connectivity index (χ0) is 19.8. The smallest absolute Gasteiger partial charge is 0.304 e. The predicted octanol–water partition coefficient (Wildman–Crippen LogP) is 3.17. The van der Waals surface area contributed by atoms with Gasteiger partial charge in [-0.15, -0.1) is 0 Å². The summed E-state index contributed by atoms with van der Waals surface area (Å²) in [5.74, 6) is 10.3. The number of rotatable bonds is 12. The van der Waals surface area contributed by atoms with Gasteiger partial charge in [-0.2, -0.15) is 0 Å². The van der Waals surface area contributed by atoms with Crippen LogP contribution in [0, 0.1) is 23.7 Å². The molecule has 0 heterocycles. The number of carbonyl (C=O) groups is 1. The number of nitrogens with one attached hydrogen (secondary N) is 1. The summed E-state index contributed by atoms with van der Waals surface area (Å²) in [5.41, 5.74) is 0. The van der Waals surface area contributed by atoms with Crippen molar-refractivity contribution in [3.8, 4) is 23.7 Å². The molecule has 146 valence electrons. The number of carbonyl (C=O) groups excluding carboxylic acids is 1. The second-order valence-corrected chi connectivity index (χ2v) is 7.94. The Bertz CT molecular complexity index is 647. The third-order valence-electron chi connectivity index (χ3n) is 3.48. The fourth-order valence-corrected chi connectivity index (χ4v) is 2.96. The van der Waals surface area contributed by atoms with E-state index in [4.69, 9.17) is 4.74 Å². The SMILES string of the molecule is C=C[C@@H](C#CC#C[C@@H](CCCCCCCCC)NS(C)(=O)=O)OC(C)=O. The first-order valence-electron chi connectivity index (χ1n) is 9.06. The molecule has 0 aliphatic carbocycles. The zero-order valence-electron chi connectivity index (χ0n) is 16.1. The fraction of sp³-hybridized carbons (Fsp3) is 0.650. The summed E-state index contributed by atoms with van der Waals surface area (Å²) >= 11 is 0. The fourth-order valence-electron chi connectivity index (χ4n) is 2.27. The van der Waals surface area contributed by atoms with Crippen molar-refractivity contribution in [2.24, 2.45) is 0 Å². The van der Waals surface area contributed by atoms with Crippen LogP contribution in [0.2, 0.25) is 0 Å². The van der Waals surface area contributed by atoms with Gasteiger partial charge < -0.3 is 4.74 Å². The molecule has 0 saturated heterocycles. The van der Waals surface area contributed by atoms with Crippen molar-refractivity contribution >= 4 is 16.0 Å². The lowest BCUT2D eigenvalue weighted by Gasteiger charge is -2.11. The van der Waals surface area contributed by atoms with Gasteiger partial charge in [-0.1, -0.05) is 64.4 Å². The summed E-state index contributed by atoms with van der Waals surface area (Å²) in [4.78, 5) is 10.9. The van der Waals surface area contributed by atoms with E-state index in [2.05, 4.69) is 41.9 Å². The highest BCUT2D eigenvalue weighted by molar-refractivity contribution is 7.88. The van der Waals surface area contributed by atoms with E-state index in [1.165, 1.54) is 38.7 Å². The normalized spacial score (nSPS) is 12.7. The molecule has 2 atom stereocenters. The van der Waals surface area contributed by atoms with Crippen LogP contribution in [-0.4, -0.2) is 32.8 Å². The second-order valence-electron chi connectivity index (χ2n) is 6.16. The molecule has 5 nitrogen and oxygen atoms in total. The van der Waals surface area contributed by atoms with E-state index in [0.29, 0.717) is 6.42 Å². The quantitative estimate of drug-likeness (QED) is 0.244. The Morgan fingerprint density at radius 3 is 2.23 bits per heavy atom. The average molecular weight is 382 g/mol. The summed E-state index contributed by atoms with van der Waals surface area (Å²) in [6, 6.07) is -0.467. The number of ether oxygens (including phenoxy) is 1. The van der Waals surface area contributed by atoms with Crippen LogP contribution in [0.1, 0.15) is 65.2 Å². The highest BCUT2D eigenvalue weighted by Gasteiger charge is 2.10. The molecule has 0 rings (SSSR count). The average Bonchev–Trinajstić information content (AvgIpc) is 2.54. The summed E-state index contributed by atoms with van der Waals surface area (Å²) in [6.07, 6.45) is 10.5. The first kappa shape index (κ1) is 24.2. The van der Waals surface area contributed by atoms with Crippen molar-refractivity contribution in [1.29, 1.82) is 0 Å². The lowest BCUT2D eigenvalue weighted by molar-refractivity contribution is -0.142. The minimum atomic E-state index is -3.34. The van der Waals surface area contributed by atoms with Crippen molar-refractivity contribution in [3.63, 3.8) is 0 Å². The lowest BCUT2D eigenvalue weighted by atomic mass is 10.1. The molecular weight excluding hydrogens is 350 g/mol. The van der Waals surface area contributed by atoms with Gasteiger partial charge in [0.05, 0.1) is 12.3 Å². The van der Waals surface area contributed by atoms with Crippen LogP contribution < -0.4 is 4.72 Å². The van der Waals surface area contributed by atoms with Crippen molar-refractivity contribution in [2.45, 2.75) is 77.4 Å². The Kier molecular flexibility index (Phi) is 13.4. The first-order valence-corrected chi connectivity index (χ1v) is 11.0. The van der Waals surface area contributed by atoms with E-state index in [9.17, 15) is 13.2 Å². The molecule has 0 aliphatic rings. The molecular formula is C20H31NO4S. The van der Waals surface area contributed by atoms with Crippen LogP contribution in [0.3, 0.4) is 0 Å². The van der Waals surface area contributed by atoms with Gasteiger partial charge in [-0.3, -0.25) is 4.79 Å². The van der Waals surface area contributed by atoms with Crippen LogP contribution in [-0.2, 0) is 19.6 Å². The topological polar surface area (TPSA) is 72.5 Å². The van der Waals surface area contributed by atoms with Gasteiger partial charge in [-0.25, -0.2) is 13.1 Å². The second kappa shape index (κ2) is 14.4. The molecule has 0 aliphatic heterocycles. The van der Waals surface area contributed by atoms with E-state index in [-0.39, 0.29) is 0 Å². The van der Waals surface area contributed by atoms with Crippen molar-refractivity contribution in [1.82, 2.24) is 4.72 Å². The number of sulfonamides is 1. The molecule has 0 aromatic heterocycles. The molecule has 0 spiro atoms. The molecule has 0 aromatic carbocycles. The maximum absolute atomic E-state index is 11.5. The Hall–Kier alpha value is -1.76. The van der Waals surface area contributed by atoms with E-state index >= 15 is 0 Å². The Balaban J connectivity index is 4.57. The molecule has 0 amide bonds. The molecule has 0 bridgehead atoms. The highest BCUT2D eigenvalue weighted by Crippen LogP contribution is 2.10. The third-order valence-corrected chi connectivity index (χ3v) is 4.20. The lowest BCUT2D eigenvalue weighted by Crippen LogP contribution is -2.32. The minimum absolute atomic E-state index is 0.451. The zero-order valence-corrected chi connectivity index (χ0v) is 17.0. The first-order chi connectivity index (χ1) is 12.3. The largest absolute Gasteiger partial charge is 0.445 e. The van der Waals surface area contributed by atoms with Crippen LogP contribution in [0.15, 0.2) is 12.7 Å². The summed E-state index contributed by atoms with van der Waals surface area (Å²) in [5, 5.41) is 0. The Morgan fingerprint density at radius 1 is 1.12 bits per heavy atom. The van der Waals surface area contributed by atoms with Crippen LogP contribution in [0.5, 0.6) is 0 Å². The van der Waals surface area contributed by atoms with Gasteiger partial charge in [-0.05, 0) is 30.3 Å². The van der Waals surface area contributed by atoms with Crippen molar-refractivity contribution < 1.29 is 17.9 Å². The molecule has 0 aromatic rings. The third kappa shape index (κ3) is 15.7. The summed E-state index contributed by atoms with van der Waals surface area (Å²) < 4.78 is 30.4. The molecule has 0 saturated carbocycles. The molecule has 6 heteroatoms. The van der Waals surface area contributed by atoms with Crippen LogP contribution in [0.4, 0.5) is 0 Å². The number of hydrogen-bond donors (Lipinski definition) is 1. The van der Waals surface area contributed by atoms with Gasteiger partial charge in [0, 0.05) is 6.92 Å². The van der Waals surface area contributed by atoms with Gasteiger partial charge in [0.2, 0.25) is 10.0 Å². The standard InChI is InChI=1S/C20H31NO4S/c1-5-7-8-9-10-11-12-15-19(21-26(4,23)24)16-13-14-17-20(6-2)25-18(3)22/h6,19-21H,2,5,7-12,15H2,1,3-4H3/t19-,20+/m1/s1. The maximum Gasteiger partial charge on any atom is 0.304 e. The number of unbranched alkanes of at least 4 members (excludes halogenated alkanes) is 6. The van der Waals surface area contributed by atoms with Crippen LogP contribution in [0.25, 0.3) is 0 Å². The van der Waals surface area contributed by atoms with Gasteiger partial charge in [0.15, 0.2) is 6.10 Å². The van der Waals surface area contributed by atoms with E-state index in [0.717, 1.165) is 25.5 Å². The van der Waals surface area contributed by atoms with Gasteiger partial charge in [0.25, 0.3) is 0 Å². The molecule has 26 heavy (non-hydrogen) atoms. The molecule has 0 unspecified atom stereocenters. The van der Waals surface area contributed by atoms with E-state index in [1.807, 2.05) is 0 Å². The summed E-state index contributed by atoms with van der Waals surface area (Å²) in [6.45, 7) is 7.01. The Labute approximate surface area is 159 Å². The highest BCUT2D eigenvalue weighted by atomic mass is 32.2. The number of esters is 1. The summed E-state index contributed by atoms with van der Waals surface area (Å²) in [7, 11) is -3.34. The van der Waals surface area contributed by atoms with Crippen LogP contribution >= 0.6 is 0 Å². The predicted molar refractivity (Wildman–Crippen MR) is 106 cm³/mol. The Morgan fingerprint density at radius 2 is 1.69 bits per heavy atom. The van der Waals surface area contributed by atoms with Crippen molar-refractivity contribution in [3.05, 3.63) is 12.7 Å². The van der Waals surface area contributed by atoms with Gasteiger partial charge >= 0.3 is 5.97 Å². The van der Waals surface area contributed by atoms with E-state index < -0.39 is 28.1 Å². The number of hydrogen-bond acceptors (Lipinski definition) is 4. The van der Waals surface area contributed by atoms with E-state index in [1.54, 1.807) is 0 Å². The molecule has 0 fully saturated rings. The van der Waals surface area contributed by atoms with Gasteiger partial charge in [0.1, 0.15) is 0 Å². The molecule has 0 radical (unpaired) electrons. The molecule has 1 N–H and O–H groups in total. The monoisotopic (exact) mass is 381 g/mol.